The van der Waals surface area contributed by atoms with E-state index in [-0.39, 0.29) is 0 Å². The summed E-state index contributed by atoms with van der Waals surface area (Å²) in [7, 11) is 0. The van der Waals surface area contributed by atoms with Gasteiger partial charge in [0.2, 0.25) is 0 Å². The van der Waals surface area contributed by atoms with Crippen LogP contribution in [0.3, 0.4) is 0 Å². The molecular formula is C24H22N2. The van der Waals surface area contributed by atoms with Crippen LogP contribution >= 0.6 is 0 Å². The molecule has 0 saturated carbocycles. The molecule has 0 saturated heterocycles. The van der Waals surface area contributed by atoms with Crippen LogP contribution < -0.4 is 0 Å². The average Bonchev–Trinajstić information content (AvgIpc) is 2.68. The summed E-state index contributed by atoms with van der Waals surface area (Å²) in [5, 5.41) is 2.55. The Labute approximate surface area is 154 Å². The van der Waals surface area contributed by atoms with E-state index in [1.807, 2.05) is 0 Å². The zero-order valence-corrected chi connectivity index (χ0v) is 15.2. The van der Waals surface area contributed by atoms with E-state index in [0.29, 0.717) is 5.92 Å². The van der Waals surface area contributed by atoms with E-state index in [2.05, 4.69) is 90.5 Å². The van der Waals surface area contributed by atoms with Crippen LogP contribution in [0.15, 0.2) is 79.1 Å². The Balaban J connectivity index is 1.74. The Morgan fingerprint density at radius 3 is 2.23 bits per heavy atom. The molecule has 0 fully saturated rings. The third-order valence-corrected chi connectivity index (χ3v) is 4.63. The maximum Gasteiger partial charge on any atom is 0.0917 e. The van der Waals surface area contributed by atoms with Gasteiger partial charge in [-0.3, -0.25) is 9.97 Å². The van der Waals surface area contributed by atoms with E-state index in [0.717, 1.165) is 23.4 Å². The summed E-state index contributed by atoms with van der Waals surface area (Å²) in [5.74, 6) is 0.556. The summed E-state index contributed by atoms with van der Waals surface area (Å²) >= 11 is 0. The van der Waals surface area contributed by atoms with Crippen molar-refractivity contribution in [1.29, 1.82) is 0 Å². The third-order valence-electron chi connectivity index (χ3n) is 4.63. The van der Waals surface area contributed by atoms with Gasteiger partial charge in [-0.05, 0) is 34.2 Å². The zero-order chi connectivity index (χ0) is 17.9. The van der Waals surface area contributed by atoms with Crippen LogP contribution in [0.1, 0.15) is 19.5 Å². The average molecular weight is 338 g/mol. The Hall–Kier alpha value is -3.00. The Morgan fingerprint density at radius 1 is 0.731 bits per heavy atom. The predicted molar refractivity (Wildman–Crippen MR) is 109 cm³/mol. The second-order valence-electron chi connectivity index (χ2n) is 7.05. The van der Waals surface area contributed by atoms with E-state index >= 15 is 0 Å². The molecule has 128 valence electrons. The molecule has 0 spiro atoms. The van der Waals surface area contributed by atoms with Crippen LogP contribution in [0.25, 0.3) is 33.2 Å². The highest BCUT2D eigenvalue weighted by Gasteiger charge is 2.10. The van der Waals surface area contributed by atoms with Crippen molar-refractivity contribution in [2.45, 2.75) is 20.3 Å². The van der Waals surface area contributed by atoms with Gasteiger partial charge in [0.05, 0.1) is 11.4 Å². The molecule has 1 heterocycles. The fraction of sp³-hybridized carbons (Fsp3) is 0.167. The highest BCUT2D eigenvalue weighted by Crippen LogP contribution is 2.30. The lowest BCUT2D eigenvalue weighted by molar-refractivity contribution is 0.634. The van der Waals surface area contributed by atoms with Crippen LogP contribution in [-0.2, 0) is 6.42 Å². The molecule has 26 heavy (non-hydrogen) atoms. The minimum absolute atomic E-state index is 0.556. The SMILES string of the molecule is CC(C)Cc1nccnc1-c1ccc(-c2cccc3ccccc23)cc1. The monoisotopic (exact) mass is 338 g/mol. The van der Waals surface area contributed by atoms with Crippen molar-refractivity contribution >= 4 is 10.8 Å². The molecule has 0 amide bonds. The number of benzene rings is 3. The summed E-state index contributed by atoms with van der Waals surface area (Å²) < 4.78 is 0. The smallest absolute Gasteiger partial charge is 0.0917 e. The molecule has 4 rings (SSSR count). The first kappa shape index (κ1) is 16.5. The second-order valence-corrected chi connectivity index (χ2v) is 7.05. The van der Waals surface area contributed by atoms with E-state index in [1.165, 1.54) is 21.9 Å². The molecule has 2 nitrogen and oxygen atoms in total. The van der Waals surface area contributed by atoms with Crippen LogP contribution in [0.5, 0.6) is 0 Å². The number of hydrogen-bond acceptors (Lipinski definition) is 2. The van der Waals surface area contributed by atoms with Crippen molar-refractivity contribution in [1.82, 2.24) is 9.97 Å². The highest BCUT2D eigenvalue weighted by atomic mass is 14.8. The summed E-state index contributed by atoms with van der Waals surface area (Å²) in [6, 6.07) is 23.7. The molecule has 0 aliphatic carbocycles. The lowest BCUT2D eigenvalue weighted by Gasteiger charge is -2.11. The molecule has 2 heteroatoms. The van der Waals surface area contributed by atoms with Gasteiger partial charge in [-0.15, -0.1) is 0 Å². The topological polar surface area (TPSA) is 25.8 Å². The van der Waals surface area contributed by atoms with Crippen molar-refractivity contribution in [2.75, 3.05) is 0 Å². The quantitative estimate of drug-likeness (QED) is 0.445. The molecule has 4 aromatic rings. The molecule has 0 N–H and O–H groups in total. The fourth-order valence-corrected chi connectivity index (χ4v) is 3.43. The molecule has 0 bridgehead atoms. The van der Waals surface area contributed by atoms with Gasteiger partial charge in [0.15, 0.2) is 0 Å². The number of fused-ring (bicyclic) bond motifs is 1. The summed E-state index contributed by atoms with van der Waals surface area (Å²) in [6.45, 7) is 4.42. The first-order chi connectivity index (χ1) is 12.7. The normalized spacial score (nSPS) is 11.2. The first-order valence-electron chi connectivity index (χ1n) is 9.11. The molecular weight excluding hydrogens is 316 g/mol. The van der Waals surface area contributed by atoms with Crippen molar-refractivity contribution < 1.29 is 0 Å². The Morgan fingerprint density at radius 2 is 1.42 bits per heavy atom. The van der Waals surface area contributed by atoms with Crippen molar-refractivity contribution in [3.8, 4) is 22.4 Å². The van der Waals surface area contributed by atoms with Crippen LogP contribution in [0.4, 0.5) is 0 Å². The van der Waals surface area contributed by atoms with Crippen LogP contribution in [0, 0.1) is 5.92 Å². The van der Waals surface area contributed by atoms with Gasteiger partial charge in [-0.2, -0.15) is 0 Å². The molecule has 0 unspecified atom stereocenters. The van der Waals surface area contributed by atoms with Gasteiger partial charge >= 0.3 is 0 Å². The molecule has 0 radical (unpaired) electrons. The van der Waals surface area contributed by atoms with E-state index in [4.69, 9.17) is 0 Å². The van der Waals surface area contributed by atoms with Gasteiger partial charge in [-0.1, -0.05) is 80.6 Å². The highest BCUT2D eigenvalue weighted by molar-refractivity contribution is 5.96. The third kappa shape index (κ3) is 3.23. The number of hydrogen-bond donors (Lipinski definition) is 0. The number of rotatable bonds is 4. The first-order valence-corrected chi connectivity index (χ1v) is 9.11. The van der Waals surface area contributed by atoms with Gasteiger partial charge in [-0.25, -0.2) is 0 Å². The summed E-state index contributed by atoms with van der Waals surface area (Å²) in [6.07, 6.45) is 4.50. The largest absolute Gasteiger partial charge is 0.257 e. The van der Waals surface area contributed by atoms with Crippen molar-refractivity contribution in [3.63, 3.8) is 0 Å². The van der Waals surface area contributed by atoms with Crippen LogP contribution in [-0.4, -0.2) is 9.97 Å². The number of aromatic nitrogens is 2. The number of nitrogens with zero attached hydrogens (tertiary/aromatic N) is 2. The predicted octanol–water partition coefficient (Wildman–Crippen LogP) is 6.16. The molecule has 0 aliphatic heterocycles. The van der Waals surface area contributed by atoms with E-state index < -0.39 is 0 Å². The minimum Gasteiger partial charge on any atom is -0.257 e. The second kappa shape index (κ2) is 7.09. The van der Waals surface area contributed by atoms with Gasteiger partial charge < -0.3 is 0 Å². The molecule has 1 aromatic heterocycles. The molecule has 3 aromatic carbocycles. The van der Waals surface area contributed by atoms with Gasteiger partial charge in [0, 0.05) is 18.0 Å². The Kier molecular flexibility index (Phi) is 4.49. The molecule has 0 atom stereocenters. The minimum atomic E-state index is 0.556. The van der Waals surface area contributed by atoms with Gasteiger partial charge in [0.25, 0.3) is 0 Å². The molecule has 0 aliphatic rings. The summed E-state index contributed by atoms with van der Waals surface area (Å²) in [5.41, 5.74) is 5.67. The van der Waals surface area contributed by atoms with Gasteiger partial charge in [0.1, 0.15) is 0 Å². The Bertz CT molecular complexity index is 1030. The van der Waals surface area contributed by atoms with E-state index in [9.17, 15) is 0 Å². The maximum absolute atomic E-state index is 4.59. The standard InChI is InChI=1S/C24H22N2/c1-17(2)16-23-24(26-15-14-25-23)20-12-10-19(11-13-20)22-9-5-7-18-6-3-4-8-21(18)22/h3-15,17H,16H2,1-2H3. The zero-order valence-electron chi connectivity index (χ0n) is 15.2. The summed E-state index contributed by atoms with van der Waals surface area (Å²) in [4.78, 5) is 9.15. The van der Waals surface area contributed by atoms with Crippen LogP contribution in [0.2, 0.25) is 0 Å². The van der Waals surface area contributed by atoms with E-state index in [1.54, 1.807) is 12.4 Å². The lowest BCUT2D eigenvalue weighted by Crippen LogP contribution is -2.01. The van der Waals surface area contributed by atoms with Crippen molar-refractivity contribution in [3.05, 3.63) is 84.8 Å². The lowest BCUT2D eigenvalue weighted by atomic mass is 9.96. The van der Waals surface area contributed by atoms with Crippen molar-refractivity contribution in [2.24, 2.45) is 5.92 Å². The fourth-order valence-electron chi connectivity index (χ4n) is 3.43. The maximum atomic E-state index is 4.59.